The summed E-state index contributed by atoms with van der Waals surface area (Å²) >= 11 is 6.24. The van der Waals surface area contributed by atoms with Gasteiger partial charge in [-0.05, 0) is 48.9 Å². The number of hydrogen-bond acceptors (Lipinski definition) is 7. The first-order valence-electron chi connectivity index (χ1n) is 8.55. The summed E-state index contributed by atoms with van der Waals surface area (Å²) in [7, 11) is 1.63. The second-order valence-corrected chi connectivity index (χ2v) is 6.47. The van der Waals surface area contributed by atoms with E-state index >= 15 is 0 Å². The Hall–Kier alpha value is -3.45. The third-order valence-electron chi connectivity index (χ3n) is 4.11. The minimum absolute atomic E-state index is 0.402. The Labute approximate surface area is 166 Å². The Balaban J connectivity index is 1.70. The Bertz CT molecular complexity index is 1130. The van der Waals surface area contributed by atoms with Crippen LogP contribution in [0.4, 0.5) is 23.1 Å². The van der Waals surface area contributed by atoms with E-state index in [2.05, 4.69) is 30.6 Å². The molecule has 0 aliphatic rings. The van der Waals surface area contributed by atoms with E-state index in [1.807, 2.05) is 49.4 Å². The number of nitrogens with zero attached hydrogens (tertiary/aromatic N) is 4. The maximum Gasteiger partial charge on any atom is 0.231 e. The molecule has 4 aromatic rings. The van der Waals surface area contributed by atoms with Gasteiger partial charge in [0.05, 0.1) is 7.11 Å². The third-order valence-corrected chi connectivity index (χ3v) is 4.52. The van der Waals surface area contributed by atoms with Crippen LogP contribution < -0.4 is 15.4 Å². The molecule has 2 N–H and O–H groups in total. The van der Waals surface area contributed by atoms with Crippen molar-refractivity contribution < 1.29 is 4.74 Å². The van der Waals surface area contributed by atoms with E-state index in [-0.39, 0.29) is 0 Å². The smallest absolute Gasteiger partial charge is 0.231 e. The molecule has 0 radical (unpaired) electrons. The predicted molar refractivity (Wildman–Crippen MR) is 111 cm³/mol. The quantitative estimate of drug-likeness (QED) is 0.500. The van der Waals surface area contributed by atoms with E-state index < -0.39 is 0 Å². The van der Waals surface area contributed by atoms with Crippen molar-refractivity contribution in [3.05, 3.63) is 65.4 Å². The largest absolute Gasteiger partial charge is 0.497 e. The molecule has 28 heavy (non-hydrogen) atoms. The van der Waals surface area contributed by atoms with Crippen LogP contribution in [-0.4, -0.2) is 27.0 Å². The molecule has 0 aliphatic heterocycles. The van der Waals surface area contributed by atoms with E-state index in [4.69, 9.17) is 16.3 Å². The minimum Gasteiger partial charge on any atom is -0.497 e. The number of halogens is 1. The van der Waals surface area contributed by atoms with Gasteiger partial charge in [0.25, 0.3) is 0 Å². The summed E-state index contributed by atoms with van der Waals surface area (Å²) in [5.74, 6) is 1.71. The highest BCUT2D eigenvalue weighted by atomic mass is 35.5. The molecular weight excluding hydrogens is 376 g/mol. The van der Waals surface area contributed by atoms with Crippen LogP contribution >= 0.6 is 11.6 Å². The summed E-state index contributed by atoms with van der Waals surface area (Å²) in [6.45, 7) is 1.95. The average Bonchev–Trinajstić information content (AvgIpc) is 2.71. The van der Waals surface area contributed by atoms with Gasteiger partial charge in [0, 0.05) is 28.8 Å². The summed E-state index contributed by atoms with van der Waals surface area (Å²) in [4.78, 5) is 17.7. The molecule has 2 aromatic carbocycles. The molecule has 0 spiro atoms. The molecule has 0 bridgehead atoms. The number of hydrogen-bond donors (Lipinski definition) is 2. The molecule has 0 saturated heterocycles. The Morgan fingerprint density at radius 3 is 2.39 bits per heavy atom. The van der Waals surface area contributed by atoms with Gasteiger partial charge in [-0.1, -0.05) is 17.7 Å². The van der Waals surface area contributed by atoms with Crippen LogP contribution in [0.15, 0.2) is 54.9 Å². The maximum absolute atomic E-state index is 6.24. The zero-order valence-electron chi connectivity index (χ0n) is 15.3. The van der Waals surface area contributed by atoms with E-state index in [1.54, 1.807) is 19.5 Å². The molecule has 0 amide bonds. The number of nitrogens with one attached hydrogen (secondary N) is 2. The summed E-state index contributed by atoms with van der Waals surface area (Å²) in [6.07, 6.45) is 3.20. The number of aromatic nitrogens is 4. The third kappa shape index (κ3) is 3.79. The molecular formula is C20H17ClN6O. The lowest BCUT2D eigenvalue weighted by Gasteiger charge is -2.12. The Kier molecular flexibility index (Phi) is 4.90. The van der Waals surface area contributed by atoms with Gasteiger partial charge in [0.2, 0.25) is 5.95 Å². The van der Waals surface area contributed by atoms with Crippen molar-refractivity contribution in [2.24, 2.45) is 0 Å². The van der Waals surface area contributed by atoms with Gasteiger partial charge in [-0.25, -0.2) is 9.97 Å². The monoisotopic (exact) mass is 392 g/mol. The normalized spacial score (nSPS) is 10.7. The molecule has 0 aliphatic carbocycles. The van der Waals surface area contributed by atoms with Crippen molar-refractivity contribution in [3.8, 4) is 5.75 Å². The fourth-order valence-electron chi connectivity index (χ4n) is 2.62. The van der Waals surface area contributed by atoms with E-state index in [9.17, 15) is 0 Å². The molecule has 140 valence electrons. The Morgan fingerprint density at radius 2 is 1.64 bits per heavy atom. The van der Waals surface area contributed by atoms with Crippen LogP contribution in [0.5, 0.6) is 5.75 Å². The number of benzene rings is 2. The second-order valence-electron chi connectivity index (χ2n) is 6.07. The molecule has 2 aromatic heterocycles. The number of fused-ring (bicyclic) bond motifs is 1. The van der Waals surface area contributed by atoms with E-state index in [0.717, 1.165) is 22.7 Å². The van der Waals surface area contributed by atoms with Crippen molar-refractivity contribution >= 4 is 45.9 Å². The van der Waals surface area contributed by atoms with Crippen LogP contribution in [0, 0.1) is 6.92 Å². The van der Waals surface area contributed by atoms with Crippen molar-refractivity contribution in [2.45, 2.75) is 6.92 Å². The standard InChI is InChI=1S/C20H17ClN6O/c1-12-3-4-14(11-16(12)21)24-19-17-18(23-10-9-22-17)26-20(27-19)25-13-5-7-15(28-2)8-6-13/h3-11H,1-2H3,(H2,23,24,25,26,27). The van der Waals surface area contributed by atoms with Crippen molar-refractivity contribution in [1.82, 2.24) is 19.9 Å². The van der Waals surface area contributed by atoms with Gasteiger partial charge in [-0.15, -0.1) is 0 Å². The van der Waals surface area contributed by atoms with Crippen LogP contribution in [-0.2, 0) is 0 Å². The minimum atomic E-state index is 0.402. The number of anilines is 4. The second kappa shape index (κ2) is 7.66. The van der Waals surface area contributed by atoms with Gasteiger partial charge in [0.1, 0.15) is 5.75 Å². The van der Waals surface area contributed by atoms with Crippen molar-refractivity contribution in [1.29, 1.82) is 0 Å². The fraction of sp³-hybridized carbons (Fsp3) is 0.100. The van der Waals surface area contributed by atoms with Gasteiger partial charge in [0.15, 0.2) is 17.0 Å². The molecule has 4 rings (SSSR count). The molecule has 0 atom stereocenters. The lowest BCUT2D eigenvalue weighted by atomic mass is 10.2. The van der Waals surface area contributed by atoms with Crippen molar-refractivity contribution in [3.63, 3.8) is 0 Å². The van der Waals surface area contributed by atoms with E-state index in [0.29, 0.717) is 28.0 Å². The molecule has 8 heteroatoms. The van der Waals surface area contributed by atoms with E-state index in [1.165, 1.54) is 0 Å². The number of methoxy groups -OCH3 is 1. The first kappa shape index (κ1) is 17.9. The zero-order chi connectivity index (χ0) is 19.5. The molecule has 0 saturated carbocycles. The van der Waals surface area contributed by atoms with Crippen molar-refractivity contribution in [2.75, 3.05) is 17.7 Å². The highest BCUT2D eigenvalue weighted by Gasteiger charge is 2.11. The topological polar surface area (TPSA) is 84.9 Å². The number of ether oxygens (including phenoxy) is 1. The molecule has 0 unspecified atom stereocenters. The summed E-state index contributed by atoms with van der Waals surface area (Å²) in [5.41, 5.74) is 3.68. The lowest BCUT2D eigenvalue weighted by molar-refractivity contribution is 0.415. The first-order valence-corrected chi connectivity index (χ1v) is 8.93. The predicted octanol–water partition coefficient (Wildman–Crippen LogP) is 4.88. The first-order chi connectivity index (χ1) is 13.6. The maximum atomic E-state index is 6.24. The summed E-state index contributed by atoms with van der Waals surface area (Å²) < 4.78 is 5.18. The summed E-state index contributed by atoms with van der Waals surface area (Å²) in [6, 6.07) is 13.2. The van der Waals surface area contributed by atoms with Gasteiger partial charge in [-0.3, -0.25) is 0 Å². The molecule has 0 fully saturated rings. The van der Waals surface area contributed by atoms with Crippen LogP contribution in [0.2, 0.25) is 5.02 Å². The molecule has 7 nitrogen and oxygen atoms in total. The number of aryl methyl sites for hydroxylation is 1. The molecule has 2 heterocycles. The fourth-order valence-corrected chi connectivity index (χ4v) is 2.80. The number of rotatable bonds is 5. The highest BCUT2D eigenvalue weighted by Crippen LogP contribution is 2.27. The van der Waals surface area contributed by atoms with Crippen LogP contribution in [0.3, 0.4) is 0 Å². The zero-order valence-corrected chi connectivity index (χ0v) is 16.0. The van der Waals surface area contributed by atoms with Gasteiger partial charge in [-0.2, -0.15) is 9.97 Å². The Morgan fingerprint density at radius 1 is 0.893 bits per heavy atom. The van der Waals surface area contributed by atoms with Crippen LogP contribution in [0.25, 0.3) is 11.2 Å². The van der Waals surface area contributed by atoms with Crippen LogP contribution in [0.1, 0.15) is 5.56 Å². The summed E-state index contributed by atoms with van der Waals surface area (Å²) in [5, 5.41) is 7.12. The highest BCUT2D eigenvalue weighted by molar-refractivity contribution is 6.31. The average molecular weight is 393 g/mol. The van der Waals surface area contributed by atoms with Gasteiger partial charge < -0.3 is 15.4 Å². The SMILES string of the molecule is COc1ccc(Nc2nc(Nc3ccc(C)c(Cl)c3)c3nccnc3n2)cc1. The van der Waals surface area contributed by atoms with Gasteiger partial charge >= 0.3 is 0 Å². The lowest BCUT2D eigenvalue weighted by Crippen LogP contribution is -2.04.